The Labute approximate surface area is 283 Å². The number of aliphatic hydroxyl groups excluding tert-OH is 1. The number of hydrogen-bond acceptors (Lipinski definition) is 7. The van der Waals surface area contributed by atoms with Gasteiger partial charge in [-0.2, -0.15) is 0 Å². The van der Waals surface area contributed by atoms with Crippen molar-refractivity contribution in [2.45, 2.75) is 83.1 Å². The third-order valence-corrected chi connectivity index (χ3v) is 10.3. The number of carbonyl (C=O) groups excluding carboxylic acids is 1. The molecule has 0 bridgehead atoms. The SMILES string of the molecule is CC1C(CN2CCCC2CN2CCCC2)OC(c2ccc(-c3ccccc3CNC(=O)CCC(=O)O)cc2)OC1c1ccc(CO)cc1. The van der Waals surface area contributed by atoms with Crippen molar-refractivity contribution in [1.82, 2.24) is 15.1 Å². The molecule has 5 atom stereocenters. The number of rotatable bonds is 13. The summed E-state index contributed by atoms with van der Waals surface area (Å²) in [6.07, 6.45) is 4.12. The molecule has 9 heteroatoms. The molecule has 3 aromatic rings. The third kappa shape index (κ3) is 8.51. The van der Waals surface area contributed by atoms with E-state index in [1.54, 1.807) is 0 Å². The lowest BCUT2D eigenvalue weighted by Crippen LogP contribution is -2.48. The number of aliphatic carboxylic acids is 1. The van der Waals surface area contributed by atoms with Crippen LogP contribution in [0.3, 0.4) is 0 Å². The second-order valence-corrected chi connectivity index (χ2v) is 13.6. The van der Waals surface area contributed by atoms with E-state index in [2.05, 4.69) is 58.4 Å². The van der Waals surface area contributed by atoms with Gasteiger partial charge in [0.15, 0.2) is 6.29 Å². The van der Waals surface area contributed by atoms with E-state index >= 15 is 0 Å². The van der Waals surface area contributed by atoms with Crippen LogP contribution < -0.4 is 5.32 Å². The number of carboxylic acids is 1. The number of ether oxygens (including phenoxy) is 2. The lowest BCUT2D eigenvalue weighted by atomic mass is 9.89. The predicted octanol–water partition coefficient (Wildman–Crippen LogP) is 5.68. The summed E-state index contributed by atoms with van der Waals surface area (Å²) in [6.45, 7) is 8.09. The highest BCUT2D eigenvalue weighted by atomic mass is 16.7. The van der Waals surface area contributed by atoms with Gasteiger partial charge < -0.3 is 29.9 Å². The topological polar surface area (TPSA) is 112 Å². The Morgan fingerprint density at radius 2 is 1.58 bits per heavy atom. The van der Waals surface area contributed by atoms with Crippen LogP contribution in [0.15, 0.2) is 72.8 Å². The molecule has 0 radical (unpaired) electrons. The lowest BCUT2D eigenvalue weighted by Gasteiger charge is -2.43. The molecule has 3 aromatic carbocycles. The number of hydrogen-bond donors (Lipinski definition) is 3. The fourth-order valence-corrected chi connectivity index (χ4v) is 7.44. The normalized spacial score (nSPS) is 24.9. The molecular weight excluding hydrogens is 606 g/mol. The summed E-state index contributed by atoms with van der Waals surface area (Å²) in [6, 6.07) is 24.8. The van der Waals surface area contributed by atoms with Crippen LogP contribution in [0, 0.1) is 5.92 Å². The van der Waals surface area contributed by atoms with Crippen LogP contribution >= 0.6 is 0 Å². The lowest BCUT2D eigenvalue weighted by molar-refractivity contribution is -0.276. The molecule has 0 spiro atoms. The van der Waals surface area contributed by atoms with Crippen molar-refractivity contribution < 1.29 is 29.3 Å². The quantitative estimate of drug-likeness (QED) is 0.216. The Morgan fingerprint density at radius 3 is 2.31 bits per heavy atom. The molecular formula is C39H49N3O6. The fraction of sp³-hybridized carbons (Fsp3) is 0.487. The van der Waals surface area contributed by atoms with Gasteiger partial charge in [0.25, 0.3) is 0 Å². The van der Waals surface area contributed by atoms with E-state index < -0.39 is 12.3 Å². The molecule has 6 rings (SSSR count). The molecule has 0 saturated carbocycles. The molecule has 9 nitrogen and oxygen atoms in total. The minimum Gasteiger partial charge on any atom is -0.481 e. The van der Waals surface area contributed by atoms with Gasteiger partial charge in [0, 0.05) is 43.6 Å². The van der Waals surface area contributed by atoms with E-state index in [1.807, 2.05) is 36.4 Å². The average Bonchev–Trinajstić information content (AvgIpc) is 3.80. The molecule has 3 saturated heterocycles. The van der Waals surface area contributed by atoms with E-state index in [9.17, 15) is 14.7 Å². The van der Waals surface area contributed by atoms with Crippen LogP contribution in [0.5, 0.6) is 0 Å². The van der Waals surface area contributed by atoms with Crippen molar-refractivity contribution in [3.63, 3.8) is 0 Å². The maximum Gasteiger partial charge on any atom is 0.303 e. The summed E-state index contributed by atoms with van der Waals surface area (Å²) in [5, 5.41) is 21.4. The molecule has 1 amide bonds. The van der Waals surface area contributed by atoms with Crippen molar-refractivity contribution in [3.05, 3.63) is 95.1 Å². The summed E-state index contributed by atoms with van der Waals surface area (Å²) in [4.78, 5) is 28.3. The largest absolute Gasteiger partial charge is 0.481 e. The van der Waals surface area contributed by atoms with Crippen LogP contribution in [-0.2, 0) is 32.2 Å². The van der Waals surface area contributed by atoms with E-state index in [1.165, 1.54) is 38.8 Å². The number of carboxylic acid groups (broad SMARTS) is 1. The minimum absolute atomic E-state index is 0.00958. The highest BCUT2D eigenvalue weighted by Crippen LogP contribution is 2.42. The number of benzene rings is 3. The van der Waals surface area contributed by atoms with Crippen molar-refractivity contribution in [3.8, 4) is 11.1 Å². The summed E-state index contributed by atoms with van der Waals surface area (Å²) in [5.74, 6) is -1.14. The number of likely N-dealkylation sites (tertiary alicyclic amines) is 2. The van der Waals surface area contributed by atoms with Crippen LogP contribution in [0.2, 0.25) is 0 Å². The standard InChI is InChI=1S/C39H49N3O6/c1-27-35(25-42-22-6-8-33(42)24-41-20-4-5-21-41)47-39(48-38(27)30-12-10-28(26-43)11-13-30)31-16-14-29(15-17-31)34-9-3-2-7-32(34)23-40-36(44)18-19-37(45)46/h2-3,7,9-17,27,33,35,38-39,43H,4-6,8,18-26H2,1H3,(H,40,44)(H,45,46). The minimum atomic E-state index is -0.985. The van der Waals surface area contributed by atoms with Gasteiger partial charge in [-0.25, -0.2) is 0 Å². The maximum atomic E-state index is 12.2. The number of nitrogens with zero attached hydrogens (tertiary/aromatic N) is 2. The van der Waals surface area contributed by atoms with E-state index in [-0.39, 0.29) is 43.5 Å². The summed E-state index contributed by atoms with van der Waals surface area (Å²) in [7, 11) is 0. The zero-order valence-corrected chi connectivity index (χ0v) is 27.9. The molecule has 0 aliphatic carbocycles. The predicted molar refractivity (Wildman–Crippen MR) is 184 cm³/mol. The fourth-order valence-electron chi connectivity index (χ4n) is 7.44. The first-order chi connectivity index (χ1) is 23.4. The van der Waals surface area contributed by atoms with Gasteiger partial charge in [-0.3, -0.25) is 14.5 Å². The Hall–Kier alpha value is -3.60. The number of amides is 1. The molecule has 3 fully saturated rings. The molecule has 48 heavy (non-hydrogen) atoms. The smallest absolute Gasteiger partial charge is 0.303 e. The molecule has 0 aromatic heterocycles. The molecule has 3 N–H and O–H groups in total. The van der Waals surface area contributed by atoms with Crippen LogP contribution in [-0.4, -0.2) is 76.8 Å². The highest BCUT2D eigenvalue weighted by molar-refractivity contribution is 5.80. The zero-order chi connectivity index (χ0) is 33.5. The summed E-state index contributed by atoms with van der Waals surface area (Å²) >= 11 is 0. The van der Waals surface area contributed by atoms with Gasteiger partial charge in [0.2, 0.25) is 5.91 Å². The molecule has 3 aliphatic heterocycles. The summed E-state index contributed by atoms with van der Waals surface area (Å²) in [5.41, 5.74) is 5.87. The second kappa shape index (κ2) is 16.2. The Kier molecular flexibility index (Phi) is 11.6. The molecule has 3 aliphatic rings. The Morgan fingerprint density at radius 1 is 0.854 bits per heavy atom. The van der Waals surface area contributed by atoms with Crippen LogP contribution in [0.4, 0.5) is 0 Å². The molecule has 3 heterocycles. The zero-order valence-electron chi connectivity index (χ0n) is 27.9. The maximum absolute atomic E-state index is 12.2. The van der Waals surface area contributed by atoms with Crippen LogP contribution in [0.25, 0.3) is 11.1 Å². The van der Waals surface area contributed by atoms with Gasteiger partial charge in [-0.1, -0.05) is 79.7 Å². The van der Waals surface area contributed by atoms with E-state index in [0.29, 0.717) is 12.6 Å². The van der Waals surface area contributed by atoms with Gasteiger partial charge in [-0.05, 0) is 73.1 Å². The van der Waals surface area contributed by atoms with Crippen molar-refractivity contribution >= 4 is 11.9 Å². The third-order valence-electron chi connectivity index (χ3n) is 10.3. The number of nitrogens with one attached hydrogen (secondary N) is 1. The van der Waals surface area contributed by atoms with E-state index in [0.717, 1.165) is 53.0 Å². The van der Waals surface area contributed by atoms with Gasteiger partial charge in [0.05, 0.1) is 25.2 Å². The van der Waals surface area contributed by atoms with Gasteiger partial charge in [-0.15, -0.1) is 0 Å². The number of carbonyl (C=O) groups is 2. The first-order valence-corrected chi connectivity index (χ1v) is 17.5. The first-order valence-electron chi connectivity index (χ1n) is 17.5. The molecule has 5 unspecified atom stereocenters. The summed E-state index contributed by atoms with van der Waals surface area (Å²) < 4.78 is 13.6. The van der Waals surface area contributed by atoms with E-state index in [4.69, 9.17) is 14.6 Å². The molecule has 256 valence electrons. The monoisotopic (exact) mass is 655 g/mol. The van der Waals surface area contributed by atoms with Gasteiger partial charge in [0.1, 0.15) is 0 Å². The van der Waals surface area contributed by atoms with Gasteiger partial charge >= 0.3 is 5.97 Å². The first kappa shape index (κ1) is 34.3. The average molecular weight is 656 g/mol. The Bertz CT molecular complexity index is 1510. The van der Waals surface area contributed by atoms with Crippen molar-refractivity contribution in [2.75, 3.05) is 32.7 Å². The highest BCUT2D eigenvalue weighted by Gasteiger charge is 2.40. The van der Waals surface area contributed by atoms with Crippen molar-refractivity contribution in [2.24, 2.45) is 5.92 Å². The van der Waals surface area contributed by atoms with Crippen LogP contribution in [0.1, 0.15) is 80.1 Å². The number of aliphatic hydroxyl groups is 1. The van der Waals surface area contributed by atoms with Crippen molar-refractivity contribution in [1.29, 1.82) is 0 Å². The Balaban J connectivity index is 1.19. The second-order valence-electron chi connectivity index (χ2n) is 13.6.